The van der Waals surface area contributed by atoms with Crippen molar-refractivity contribution < 1.29 is 9.90 Å². The van der Waals surface area contributed by atoms with Gasteiger partial charge >= 0.3 is 5.97 Å². The Balaban J connectivity index is 2.78. The lowest BCUT2D eigenvalue weighted by molar-refractivity contribution is 0.0685. The third kappa shape index (κ3) is 1.86. The zero-order valence-corrected chi connectivity index (χ0v) is 10.0. The number of carboxylic acids is 1. The standard InChI is InChI=1S/C11H14N4O2/c1-4-8-13-11-12-5-7(6(2)3)9(10(16)17)15(11)14-8/h5-6H,4H2,1-3H3,(H,16,17). The number of rotatable bonds is 3. The van der Waals surface area contributed by atoms with E-state index in [1.807, 2.05) is 20.8 Å². The minimum absolute atomic E-state index is 0.0762. The first-order chi connectivity index (χ1) is 8.04. The van der Waals surface area contributed by atoms with Gasteiger partial charge in [0.05, 0.1) is 0 Å². The summed E-state index contributed by atoms with van der Waals surface area (Å²) in [6, 6.07) is 0. The Morgan fingerprint density at radius 3 is 2.76 bits per heavy atom. The zero-order valence-electron chi connectivity index (χ0n) is 10.0. The maximum Gasteiger partial charge on any atom is 0.355 e. The number of hydrogen-bond donors (Lipinski definition) is 1. The van der Waals surface area contributed by atoms with Crippen LogP contribution in [0.2, 0.25) is 0 Å². The Morgan fingerprint density at radius 2 is 2.24 bits per heavy atom. The van der Waals surface area contributed by atoms with Crippen molar-refractivity contribution in [3.63, 3.8) is 0 Å². The summed E-state index contributed by atoms with van der Waals surface area (Å²) in [5.74, 6) is 0.00508. The normalized spacial score (nSPS) is 11.3. The van der Waals surface area contributed by atoms with Crippen LogP contribution in [0.5, 0.6) is 0 Å². The Kier molecular flexibility index (Phi) is 2.79. The molecule has 2 aromatic heterocycles. The van der Waals surface area contributed by atoms with Crippen LogP contribution in [0, 0.1) is 0 Å². The second-order valence-electron chi connectivity index (χ2n) is 4.12. The number of nitrogens with zero attached hydrogens (tertiary/aromatic N) is 4. The average Bonchev–Trinajstić information content (AvgIpc) is 2.69. The van der Waals surface area contributed by atoms with E-state index in [1.165, 1.54) is 4.52 Å². The minimum Gasteiger partial charge on any atom is -0.476 e. The lowest BCUT2D eigenvalue weighted by Gasteiger charge is -2.09. The molecule has 6 heteroatoms. The van der Waals surface area contributed by atoms with Crippen molar-refractivity contribution in [1.82, 2.24) is 19.6 Å². The van der Waals surface area contributed by atoms with Gasteiger partial charge in [-0.1, -0.05) is 20.8 Å². The minimum atomic E-state index is -1.01. The number of hydrogen-bond acceptors (Lipinski definition) is 4. The molecule has 6 nitrogen and oxygen atoms in total. The summed E-state index contributed by atoms with van der Waals surface area (Å²) >= 11 is 0. The van der Waals surface area contributed by atoms with Gasteiger partial charge in [-0.05, 0) is 5.92 Å². The first-order valence-corrected chi connectivity index (χ1v) is 5.52. The molecule has 0 aromatic carbocycles. The third-order valence-corrected chi connectivity index (χ3v) is 2.58. The predicted molar refractivity (Wildman–Crippen MR) is 61.2 cm³/mol. The molecular weight excluding hydrogens is 220 g/mol. The number of fused-ring (bicyclic) bond motifs is 1. The molecule has 0 saturated heterocycles. The fraction of sp³-hybridized carbons (Fsp3) is 0.455. The molecule has 0 saturated carbocycles. The van der Waals surface area contributed by atoms with Gasteiger partial charge in [0.15, 0.2) is 11.5 Å². The van der Waals surface area contributed by atoms with E-state index in [9.17, 15) is 9.90 Å². The smallest absolute Gasteiger partial charge is 0.355 e. The topological polar surface area (TPSA) is 80.4 Å². The SMILES string of the molecule is CCc1nc2ncc(C(C)C)c(C(=O)O)n2n1. The Labute approximate surface area is 98.3 Å². The van der Waals surface area contributed by atoms with Crippen LogP contribution in [-0.4, -0.2) is 30.7 Å². The molecule has 0 radical (unpaired) electrons. The highest BCUT2D eigenvalue weighted by Crippen LogP contribution is 2.19. The molecule has 2 rings (SSSR count). The molecule has 2 aromatic rings. The summed E-state index contributed by atoms with van der Waals surface area (Å²) in [7, 11) is 0. The van der Waals surface area contributed by atoms with E-state index < -0.39 is 5.97 Å². The maximum absolute atomic E-state index is 11.3. The molecule has 0 fully saturated rings. The quantitative estimate of drug-likeness (QED) is 0.870. The second-order valence-corrected chi connectivity index (χ2v) is 4.12. The lowest BCUT2D eigenvalue weighted by Crippen LogP contribution is -2.13. The molecule has 2 heterocycles. The van der Waals surface area contributed by atoms with Gasteiger partial charge in [-0.15, -0.1) is 5.10 Å². The van der Waals surface area contributed by atoms with Crippen LogP contribution in [0.3, 0.4) is 0 Å². The van der Waals surface area contributed by atoms with E-state index in [-0.39, 0.29) is 11.6 Å². The van der Waals surface area contributed by atoms with Gasteiger partial charge in [-0.25, -0.2) is 9.78 Å². The molecule has 0 amide bonds. The van der Waals surface area contributed by atoms with E-state index in [1.54, 1.807) is 6.20 Å². The van der Waals surface area contributed by atoms with E-state index in [4.69, 9.17) is 0 Å². The van der Waals surface area contributed by atoms with Crippen molar-refractivity contribution in [2.24, 2.45) is 0 Å². The van der Waals surface area contributed by atoms with Crippen molar-refractivity contribution in [2.45, 2.75) is 33.1 Å². The van der Waals surface area contributed by atoms with Crippen LogP contribution < -0.4 is 0 Å². The van der Waals surface area contributed by atoms with Crippen LogP contribution >= 0.6 is 0 Å². The second kappa shape index (κ2) is 4.12. The number of carbonyl (C=O) groups is 1. The van der Waals surface area contributed by atoms with Crippen LogP contribution in [0.4, 0.5) is 0 Å². The Hall–Kier alpha value is -1.98. The molecule has 0 aliphatic heterocycles. The first kappa shape index (κ1) is 11.5. The predicted octanol–water partition coefficient (Wildman–Crippen LogP) is 1.51. The number of aromatic nitrogens is 4. The van der Waals surface area contributed by atoms with Crippen LogP contribution in [0.1, 0.15) is 48.6 Å². The van der Waals surface area contributed by atoms with Crippen molar-refractivity contribution >= 4 is 11.7 Å². The summed E-state index contributed by atoms with van der Waals surface area (Å²) in [4.78, 5) is 19.6. The Bertz CT molecular complexity index is 574. The highest BCUT2D eigenvalue weighted by atomic mass is 16.4. The fourth-order valence-electron chi connectivity index (χ4n) is 1.68. The van der Waals surface area contributed by atoms with Gasteiger partial charge in [-0.3, -0.25) is 0 Å². The first-order valence-electron chi connectivity index (χ1n) is 5.52. The largest absolute Gasteiger partial charge is 0.476 e. The fourth-order valence-corrected chi connectivity index (χ4v) is 1.68. The van der Waals surface area contributed by atoms with Crippen molar-refractivity contribution in [1.29, 1.82) is 0 Å². The molecule has 0 atom stereocenters. The maximum atomic E-state index is 11.3. The van der Waals surface area contributed by atoms with Crippen LogP contribution in [0.25, 0.3) is 5.78 Å². The monoisotopic (exact) mass is 234 g/mol. The number of aromatic carboxylic acids is 1. The Morgan fingerprint density at radius 1 is 1.53 bits per heavy atom. The molecule has 1 N–H and O–H groups in total. The molecule has 0 aliphatic rings. The lowest BCUT2D eigenvalue weighted by atomic mass is 10.0. The average molecular weight is 234 g/mol. The zero-order chi connectivity index (χ0) is 12.6. The highest BCUT2D eigenvalue weighted by Gasteiger charge is 2.19. The van der Waals surface area contributed by atoms with Gasteiger partial charge in [0.1, 0.15) is 0 Å². The molecule has 0 spiro atoms. The van der Waals surface area contributed by atoms with Crippen molar-refractivity contribution in [3.8, 4) is 0 Å². The summed E-state index contributed by atoms with van der Waals surface area (Å²) in [6.07, 6.45) is 2.22. The van der Waals surface area contributed by atoms with E-state index in [2.05, 4.69) is 15.1 Å². The van der Waals surface area contributed by atoms with Gasteiger partial charge in [0, 0.05) is 18.2 Å². The number of aryl methyl sites for hydroxylation is 1. The molecule has 90 valence electrons. The van der Waals surface area contributed by atoms with E-state index in [0.29, 0.717) is 23.6 Å². The molecule has 17 heavy (non-hydrogen) atoms. The third-order valence-electron chi connectivity index (χ3n) is 2.58. The van der Waals surface area contributed by atoms with Crippen molar-refractivity contribution in [2.75, 3.05) is 0 Å². The van der Waals surface area contributed by atoms with E-state index in [0.717, 1.165) is 0 Å². The summed E-state index contributed by atoms with van der Waals surface area (Å²) in [5.41, 5.74) is 0.815. The molecule has 0 aliphatic carbocycles. The van der Waals surface area contributed by atoms with Gasteiger partial charge in [-0.2, -0.15) is 9.50 Å². The van der Waals surface area contributed by atoms with Gasteiger partial charge < -0.3 is 5.11 Å². The van der Waals surface area contributed by atoms with Gasteiger partial charge in [0.2, 0.25) is 0 Å². The molecule has 0 unspecified atom stereocenters. The van der Waals surface area contributed by atoms with Crippen LogP contribution in [0.15, 0.2) is 6.20 Å². The van der Waals surface area contributed by atoms with Gasteiger partial charge in [0.25, 0.3) is 5.78 Å². The summed E-state index contributed by atoms with van der Waals surface area (Å²) < 4.78 is 1.32. The molecule has 0 bridgehead atoms. The molecular formula is C11H14N4O2. The van der Waals surface area contributed by atoms with E-state index >= 15 is 0 Å². The van der Waals surface area contributed by atoms with Crippen LogP contribution in [-0.2, 0) is 6.42 Å². The summed E-state index contributed by atoms with van der Waals surface area (Å²) in [5, 5.41) is 13.4. The summed E-state index contributed by atoms with van der Waals surface area (Å²) in [6.45, 7) is 5.76. The highest BCUT2D eigenvalue weighted by molar-refractivity contribution is 5.88. The van der Waals surface area contributed by atoms with Crippen molar-refractivity contribution in [3.05, 3.63) is 23.3 Å². The number of carboxylic acid groups (broad SMARTS) is 1.